The summed E-state index contributed by atoms with van der Waals surface area (Å²) in [5.41, 5.74) is 0.920. The first kappa shape index (κ1) is 11.7. The van der Waals surface area contributed by atoms with Crippen molar-refractivity contribution in [3.63, 3.8) is 0 Å². The van der Waals surface area contributed by atoms with Gasteiger partial charge in [0.15, 0.2) is 0 Å². The van der Waals surface area contributed by atoms with Crippen LogP contribution in [-0.4, -0.2) is 43.6 Å². The van der Waals surface area contributed by atoms with Gasteiger partial charge in [-0.05, 0) is 6.07 Å². The Balaban J connectivity index is 2.20. The van der Waals surface area contributed by atoms with Crippen molar-refractivity contribution in [3.05, 3.63) is 18.3 Å². The van der Waals surface area contributed by atoms with Gasteiger partial charge in [-0.25, -0.2) is 4.98 Å². The number of anilines is 1. The Kier molecular flexibility index (Phi) is 5.50. The van der Waals surface area contributed by atoms with Gasteiger partial charge < -0.3 is 19.9 Å². The fraction of sp³-hybridized carbons (Fsp3) is 0.500. The molecule has 5 heteroatoms. The number of methoxy groups -OCH3 is 1. The highest BCUT2D eigenvalue weighted by Crippen LogP contribution is 2.10. The van der Waals surface area contributed by atoms with Crippen LogP contribution in [0.4, 0.5) is 5.69 Å². The molecule has 2 N–H and O–H groups in total. The van der Waals surface area contributed by atoms with Crippen molar-refractivity contribution in [1.29, 1.82) is 0 Å². The Labute approximate surface area is 89.0 Å². The number of rotatable bonds is 7. The summed E-state index contributed by atoms with van der Waals surface area (Å²) in [7, 11) is 1.58. The zero-order chi connectivity index (χ0) is 10.9. The maximum Gasteiger partial charge on any atom is 0.213 e. The van der Waals surface area contributed by atoms with E-state index in [1.54, 1.807) is 19.4 Å². The molecule has 0 spiro atoms. The summed E-state index contributed by atoms with van der Waals surface area (Å²) in [6, 6.07) is 3.68. The fourth-order valence-electron chi connectivity index (χ4n) is 1.04. The van der Waals surface area contributed by atoms with Crippen LogP contribution < -0.4 is 10.1 Å². The third kappa shape index (κ3) is 4.62. The Hall–Kier alpha value is -1.33. The normalized spacial score (nSPS) is 10.0. The van der Waals surface area contributed by atoms with Gasteiger partial charge >= 0.3 is 0 Å². The van der Waals surface area contributed by atoms with Gasteiger partial charge in [-0.1, -0.05) is 0 Å². The first-order valence-corrected chi connectivity index (χ1v) is 4.79. The van der Waals surface area contributed by atoms with E-state index in [1.165, 1.54) is 0 Å². The van der Waals surface area contributed by atoms with Crippen LogP contribution in [-0.2, 0) is 4.74 Å². The van der Waals surface area contributed by atoms with E-state index in [1.807, 2.05) is 6.07 Å². The van der Waals surface area contributed by atoms with Crippen LogP contribution in [0.5, 0.6) is 5.88 Å². The second-order valence-corrected chi connectivity index (χ2v) is 2.85. The second kappa shape index (κ2) is 7.03. The number of hydrogen-bond acceptors (Lipinski definition) is 5. The molecule has 5 nitrogen and oxygen atoms in total. The van der Waals surface area contributed by atoms with Crippen LogP contribution in [0.3, 0.4) is 0 Å². The van der Waals surface area contributed by atoms with Gasteiger partial charge in [-0.2, -0.15) is 0 Å². The Bertz CT molecular complexity index is 264. The molecule has 0 bridgehead atoms. The minimum absolute atomic E-state index is 0.0596. The zero-order valence-electron chi connectivity index (χ0n) is 8.77. The van der Waals surface area contributed by atoms with Gasteiger partial charge in [0.2, 0.25) is 5.88 Å². The molecule has 0 aliphatic heterocycles. The van der Waals surface area contributed by atoms with Crippen molar-refractivity contribution in [2.24, 2.45) is 0 Å². The van der Waals surface area contributed by atoms with Crippen molar-refractivity contribution in [3.8, 4) is 5.88 Å². The highest BCUT2D eigenvalue weighted by atomic mass is 16.5. The van der Waals surface area contributed by atoms with E-state index >= 15 is 0 Å². The van der Waals surface area contributed by atoms with Gasteiger partial charge in [-0.15, -0.1) is 0 Å². The molecule has 1 aromatic heterocycles. The van der Waals surface area contributed by atoms with Gasteiger partial charge in [0.25, 0.3) is 0 Å². The summed E-state index contributed by atoms with van der Waals surface area (Å²) in [6.07, 6.45) is 1.70. The van der Waals surface area contributed by atoms with Crippen LogP contribution in [0.25, 0.3) is 0 Å². The quantitative estimate of drug-likeness (QED) is 0.645. The third-order valence-corrected chi connectivity index (χ3v) is 1.76. The van der Waals surface area contributed by atoms with Crippen molar-refractivity contribution < 1.29 is 14.6 Å². The van der Waals surface area contributed by atoms with Crippen molar-refractivity contribution in [2.45, 2.75) is 0 Å². The topological polar surface area (TPSA) is 63.6 Å². The largest absolute Gasteiger partial charge is 0.481 e. The van der Waals surface area contributed by atoms with E-state index in [9.17, 15) is 0 Å². The molecule has 0 unspecified atom stereocenters. The van der Waals surface area contributed by atoms with Gasteiger partial charge in [0.1, 0.15) is 0 Å². The van der Waals surface area contributed by atoms with Crippen molar-refractivity contribution >= 4 is 5.69 Å². The smallest absolute Gasteiger partial charge is 0.213 e. The number of aliphatic hydroxyl groups is 1. The van der Waals surface area contributed by atoms with E-state index in [4.69, 9.17) is 14.6 Å². The minimum Gasteiger partial charge on any atom is -0.481 e. The molecule has 1 aromatic rings. The molecule has 0 aliphatic rings. The average molecular weight is 212 g/mol. The molecule has 0 fully saturated rings. The maximum atomic E-state index is 8.47. The molecular weight excluding hydrogens is 196 g/mol. The first-order valence-electron chi connectivity index (χ1n) is 4.79. The number of ether oxygens (including phenoxy) is 2. The highest BCUT2D eigenvalue weighted by Gasteiger charge is 1.94. The molecule has 84 valence electrons. The lowest BCUT2D eigenvalue weighted by Crippen LogP contribution is -2.11. The molecule has 0 atom stereocenters. The van der Waals surface area contributed by atoms with Crippen molar-refractivity contribution in [2.75, 3.05) is 38.8 Å². The molecule has 1 rings (SSSR count). The van der Waals surface area contributed by atoms with E-state index in [2.05, 4.69) is 10.3 Å². The molecule has 15 heavy (non-hydrogen) atoms. The zero-order valence-corrected chi connectivity index (χ0v) is 8.77. The van der Waals surface area contributed by atoms with Crippen LogP contribution in [0, 0.1) is 0 Å². The Morgan fingerprint density at radius 3 is 2.87 bits per heavy atom. The maximum absolute atomic E-state index is 8.47. The number of hydrogen-bond donors (Lipinski definition) is 2. The summed E-state index contributed by atoms with van der Waals surface area (Å²) in [4.78, 5) is 4.05. The summed E-state index contributed by atoms with van der Waals surface area (Å²) < 4.78 is 10.0. The highest BCUT2D eigenvalue weighted by molar-refractivity contribution is 5.41. The first-order chi connectivity index (χ1) is 7.36. The summed E-state index contributed by atoms with van der Waals surface area (Å²) in [6.45, 7) is 1.69. The van der Waals surface area contributed by atoms with E-state index in [0.717, 1.165) is 5.69 Å². The molecule has 0 radical (unpaired) electrons. The third-order valence-electron chi connectivity index (χ3n) is 1.76. The summed E-state index contributed by atoms with van der Waals surface area (Å²) in [5, 5.41) is 11.6. The monoisotopic (exact) mass is 212 g/mol. The second-order valence-electron chi connectivity index (χ2n) is 2.85. The predicted octanol–water partition coefficient (Wildman–Crippen LogP) is 0.511. The number of aliphatic hydroxyl groups excluding tert-OH is 1. The predicted molar refractivity (Wildman–Crippen MR) is 57.2 cm³/mol. The number of aromatic nitrogens is 1. The lowest BCUT2D eigenvalue weighted by Gasteiger charge is -2.06. The van der Waals surface area contributed by atoms with E-state index in [0.29, 0.717) is 25.6 Å². The van der Waals surface area contributed by atoms with Gasteiger partial charge in [0.05, 0.1) is 38.8 Å². The van der Waals surface area contributed by atoms with Crippen LogP contribution >= 0.6 is 0 Å². The Morgan fingerprint density at radius 2 is 2.27 bits per heavy atom. The van der Waals surface area contributed by atoms with E-state index in [-0.39, 0.29) is 6.61 Å². The number of pyridine rings is 1. The molecular formula is C10H16N2O3. The SMILES string of the molecule is COc1ccc(NCCOCCO)cn1. The van der Waals surface area contributed by atoms with Crippen LogP contribution in [0.15, 0.2) is 18.3 Å². The number of nitrogens with one attached hydrogen (secondary N) is 1. The van der Waals surface area contributed by atoms with Crippen LogP contribution in [0.1, 0.15) is 0 Å². The van der Waals surface area contributed by atoms with Gasteiger partial charge in [0, 0.05) is 12.6 Å². The molecule has 0 amide bonds. The van der Waals surface area contributed by atoms with Crippen molar-refractivity contribution in [1.82, 2.24) is 4.98 Å². The molecule has 0 aromatic carbocycles. The molecule has 0 saturated carbocycles. The summed E-state index contributed by atoms with van der Waals surface area (Å²) >= 11 is 0. The number of nitrogens with zero attached hydrogens (tertiary/aromatic N) is 1. The fourth-order valence-corrected chi connectivity index (χ4v) is 1.04. The molecule has 1 heterocycles. The van der Waals surface area contributed by atoms with E-state index < -0.39 is 0 Å². The average Bonchev–Trinajstić information content (AvgIpc) is 2.30. The summed E-state index contributed by atoms with van der Waals surface area (Å²) in [5.74, 6) is 0.595. The lowest BCUT2D eigenvalue weighted by molar-refractivity contribution is 0.0992. The minimum atomic E-state index is 0.0596. The standard InChI is InChI=1S/C10H16N2O3/c1-14-10-3-2-9(8-12-10)11-4-6-15-7-5-13/h2-3,8,11,13H,4-7H2,1H3. The Morgan fingerprint density at radius 1 is 1.40 bits per heavy atom. The molecule has 0 aliphatic carbocycles. The van der Waals surface area contributed by atoms with Gasteiger partial charge in [-0.3, -0.25) is 0 Å². The van der Waals surface area contributed by atoms with Crippen LogP contribution in [0.2, 0.25) is 0 Å². The lowest BCUT2D eigenvalue weighted by atomic mass is 10.4. The molecule has 0 saturated heterocycles.